The van der Waals surface area contributed by atoms with Gasteiger partial charge in [-0.25, -0.2) is 4.79 Å². The minimum absolute atomic E-state index is 0.0114. The van der Waals surface area contributed by atoms with Crippen molar-refractivity contribution >= 4 is 50.0 Å². The van der Waals surface area contributed by atoms with E-state index >= 15 is 0 Å². The van der Waals surface area contributed by atoms with Gasteiger partial charge in [-0.3, -0.25) is 9.59 Å². The highest BCUT2D eigenvalue weighted by Gasteiger charge is 2.52. The van der Waals surface area contributed by atoms with Crippen LogP contribution >= 0.6 is 23.5 Å². The summed E-state index contributed by atoms with van der Waals surface area (Å²) >= 11 is 7.23. The average Bonchev–Trinajstić information content (AvgIpc) is 3.85. The topological polar surface area (TPSA) is 120 Å². The Morgan fingerprint density at radius 1 is 1.23 bits per heavy atom. The van der Waals surface area contributed by atoms with Gasteiger partial charge >= 0.3 is 6.09 Å². The quantitative estimate of drug-likeness (QED) is 0.230. The fraction of sp³-hybridized carbons (Fsp3) is 0.643. The molecule has 1 aliphatic heterocycles. The number of ether oxygens (including phenoxy) is 1. The summed E-state index contributed by atoms with van der Waals surface area (Å²) in [6.07, 6.45) is 10.1. The second-order valence-corrected chi connectivity index (χ2v) is 15.3. The van der Waals surface area contributed by atoms with E-state index in [1.807, 2.05) is 24.3 Å². The van der Waals surface area contributed by atoms with Gasteiger partial charge in [-0.2, -0.15) is 5.26 Å². The van der Waals surface area contributed by atoms with Crippen molar-refractivity contribution in [3.8, 4) is 6.07 Å². The van der Waals surface area contributed by atoms with Crippen LogP contribution in [0.2, 0.25) is 11.1 Å². The lowest BCUT2D eigenvalue weighted by atomic mass is 9.91. The van der Waals surface area contributed by atoms with Crippen LogP contribution in [-0.2, 0) is 14.9 Å². The lowest BCUT2D eigenvalue weighted by molar-refractivity contribution is -0.122. The molecule has 3 saturated carbocycles. The maximum absolute atomic E-state index is 13.3. The molecule has 3 aliphatic carbocycles. The van der Waals surface area contributed by atoms with E-state index in [1.54, 1.807) is 0 Å². The molecule has 209 valence electrons. The minimum atomic E-state index is -1.99. The molecule has 3 N–H and O–H groups in total. The molecule has 0 bridgehead atoms. The van der Waals surface area contributed by atoms with Gasteiger partial charge in [-0.15, -0.1) is 0 Å². The van der Waals surface area contributed by atoms with E-state index in [9.17, 15) is 19.6 Å². The van der Waals surface area contributed by atoms with Gasteiger partial charge in [0.2, 0.25) is 11.4 Å². The summed E-state index contributed by atoms with van der Waals surface area (Å²) < 4.78 is 8.51. The van der Waals surface area contributed by atoms with E-state index in [1.165, 1.54) is 6.42 Å². The predicted molar refractivity (Wildman–Crippen MR) is 152 cm³/mol. The summed E-state index contributed by atoms with van der Waals surface area (Å²) in [4.78, 5) is 41.4. The summed E-state index contributed by atoms with van der Waals surface area (Å²) in [7, 11) is -1.99. The van der Waals surface area contributed by atoms with Crippen LogP contribution < -0.4 is 15.0 Å². The number of nitriles is 1. The number of carbonyl (C=O) groups excluding carboxylic acids is 3. The Bertz CT molecular complexity index is 1130. The molecule has 4 aliphatic rings. The van der Waals surface area contributed by atoms with E-state index in [0.29, 0.717) is 23.4 Å². The summed E-state index contributed by atoms with van der Waals surface area (Å²) in [5.41, 5.74) is 0.582. The van der Waals surface area contributed by atoms with Crippen molar-refractivity contribution in [1.29, 1.82) is 5.26 Å². The molecular formula is C28H36ClN4O4SSi. The number of carbonyl (C=O) groups is 3. The largest absolute Gasteiger partial charge is 0.449 e. The minimum Gasteiger partial charge on any atom is -0.449 e. The first kappa shape index (κ1) is 28.3. The number of halogens is 1. The summed E-state index contributed by atoms with van der Waals surface area (Å²) in [6, 6.07) is 10.5. The smallest absolute Gasteiger partial charge is 0.399 e. The number of rotatable bonds is 11. The molecule has 4 fully saturated rings. The Morgan fingerprint density at radius 3 is 2.64 bits per heavy atom. The summed E-state index contributed by atoms with van der Waals surface area (Å²) in [5.74, 6) is 0.210. The molecule has 1 saturated heterocycles. The van der Waals surface area contributed by atoms with Crippen molar-refractivity contribution in [3.63, 3.8) is 0 Å². The van der Waals surface area contributed by atoms with Crippen LogP contribution in [0.4, 0.5) is 9.59 Å². The van der Waals surface area contributed by atoms with Gasteiger partial charge in [0.05, 0.1) is 6.07 Å². The first-order chi connectivity index (χ1) is 18.8. The van der Waals surface area contributed by atoms with Gasteiger partial charge in [-0.05, 0) is 80.1 Å². The Hall–Kier alpha value is -2.22. The van der Waals surface area contributed by atoms with Gasteiger partial charge in [0.1, 0.15) is 11.9 Å². The maximum atomic E-state index is 13.3. The van der Waals surface area contributed by atoms with Crippen molar-refractivity contribution in [1.82, 2.24) is 15.0 Å². The third kappa shape index (κ3) is 7.30. The van der Waals surface area contributed by atoms with Crippen molar-refractivity contribution in [2.45, 2.75) is 92.9 Å². The van der Waals surface area contributed by atoms with E-state index in [4.69, 9.17) is 16.3 Å². The molecule has 5 rings (SSSR count). The molecule has 1 aromatic carbocycles. The number of hydrogen-bond acceptors (Lipinski definition) is 6. The van der Waals surface area contributed by atoms with Gasteiger partial charge in [0, 0.05) is 21.9 Å². The summed E-state index contributed by atoms with van der Waals surface area (Å²) in [5, 5.41) is 12.9. The van der Waals surface area contributed by atoms with Crippen LogP contribution in [0, 0.1) is 23.2 Å². The number of nitrogens with zero attached hydrogens (tertiary/aromatic N) is 1. The molecule has 39 heavy (non-hydrogen) atoms. The van der Waals surface area contributed by atoms with Crippen molar-refractivity contribution in [3.05, 3.63) is 34.9 Å². The predicted octanol–water partition coefficient (Wildman–Crippen LogP) is 5.56. The Labute approximate surface area is 241 Å². The van der Waals surface area contributed by atoms with Crippen LogP contribution in [0.3, 0.4) is 0 Å². The second-order valence-electron chi connectivity index (χ2n) is 11.8. The van der Waals surface area contributed by atoms with Crippen LogP contribution in [0.1, 0.15) is 76.2 Å². The number of nitrogens with one attached hydrogen (secondary N) is 3. The second kappa shape index (κ2) is 12.1. The zero-order valence-corrected chi connectivity index (χ0v) is 24.7. The lowest BCUT2D eigenvalue weighted by Gasteiger charge is -2.25. The molecule has 3 amide bonds. The third-order valence-electron chi connectivity index (χ3n) is 8.70. The zero-order chi connectivity index (χ0) is 27.5. The van der Waals surface area contributed by atoms with E-state index in [0.717, 1.165) is 75.3 Å². The van der Waals surface area contributed by atoms with E-state index in [-0.39, 0.29) is 34.9 Å². The van der Waals surface area contributed by atoms with Crippen molar-refractivity contribution in [2.75, 3.05) is 6.61 Å². The van der Waals surface area contributed by atoms with Crippen LogP contribution in [0.5, 0.6) is 0 Å². The molecule has 2 atom stereocenters. The van der Waals surface area contributed by atoms with E-state index < -0.39 is 20.3 Å². The summed E-state index contributed by atoms with van der Waals surface area (Å²) in [6.45, 7) is 0.246. The standard InChI is InChI=1S/C28H36ClN4O4SSi/c29-22-8-4-7-21(14-22)27(9-10-27)18-37-25(35)33-39(17-19-5-2-1-3-6-19)26(36)32-38-23(16-30)13-20-15-28(11-12-28)31-24(20)34/h4,7-8,14,19-20,23H,1-3,5-6,9-13,15,17-18H2,(H,31,34)(H,32,36)(H,33,35)/t20?,23-/m0/s1. The van der Waals surface area contributed by atoms with Crippen LogP contribution in [0.25, 0.3) is 0 Å². The number of hydrogen-bond donors (Lipinski definition) is 3. The van der Waals surface area contributed by atoms with E-state index in [2.05, 4.69) is 21.1 Å². The first-order valence-electron chi connectivity index (χ1n) is 14.0. The fourth-order valence-electron chi connectivity index (χ4n) is 5.95. The van der Waals surface area contributed by atoms with Crippen molar-refractivity contribution in [2.24, 2.45) is 11.8 Å². The number of amides is 3. The normalized spacial score (nSPS) is 23.5. The molecule has 8 nitrogen and oxygen atoms in total. The van der Waals surface area contributed by atoms with Gasteiger partial charge < -0.3 is 19.8 Å². The van der Waals surface area contributed by atoms with Crippen molar-refractivity contribution < 1.29 is 19.1 Å². The molecule has 0 aromatic heterocycles. The Kier molecular flexibility index (Phi) is 8.79. The number of benzene rings is 1. The molecule has 11 heteroatoms. The van der Waals surface area contributed by atoms with Crippen LogP contribution in [0.15, 0.2) is 24.3 Å². The molecule has 1 spiro atoms. The van der Waals surface area contributed by atoms with Crippen LogP contribution in [-0.4, -0.2) is 43.9 Å². The maximum Gasteiger partial charge on any atom is 0.399 e. The molecule has 1 radical (unpaired) electrons. The lowest BCUT2D eigenvalue weighted by Crippen LogP contribution is -2.50. The van der Waals surface area contributed by atoms with Gasteiger partial charge in [-0.1, -0.05) is 55.8 Å². The van der Waals surface area contributed by atoms with Gasteiger partial charge in [0.25, 0.3) is 8.96 Å². The SMILES string of the molecule is N#C[C@H](CC1CC2(CC2)NC1=O)SNC(=O)[Si](CC1CCCCC1)NC(=O)OCC1(c2cccc(Cl)c2)CC1. The molecule has 1 unspecified atom stereocenters. The van der Waals surface area contributed by atoms with Gasteiger partial charge in [0.15, 0.2) is 0 Å². The zero-order valence-electron chi connectivity index (χ0n) is 22.1. The highest BCUT2D eigenvalue weighted by atomic mass is 35.5. The monoisotopic (exact) mass is 587 g/mol. The Morgan fingerprint density at radius 2 is 2.00 bits per heavy atom. The molecular weight excluding hydrogens is 552 g/mol. The highest BCUT2D eigenvalue weighted by molar-refractivity contribution is 7.98. The fourth-order valence-corrected chi connectivity index (χ4v) is 9.15. The Balaban J connectivity index is 1.15. The molecule has 1 heterocycles. The molecule has 1 aromatic rings. The average molecular weight is 588 g/mol. The highest BCUT2D eigenvalue weighted by Crippen LogP contribution is 2.49. The third-order valence-corrected chi connectivity index (χ3v) is 12.2. The first-order valence-corrected chi connectivity index (χ1v) is 17.0.